The zero-order valence-corrected chi connectivity index (χ0v) is 12.1. The van der Waals surface area contributed by atoms with E-state index < -0.39 is 0 Å². The van der Waals surface area contributed by atoms with Gasteiger partial charge in [0, 0.05) is 12.1 Å². The van der Waals surface area contributed by atoms with Gasteiger partial charge >= 0.3 is 0 Å². The van der Waals surface area contributed by atoms with Gasteiger partial charge in [0.25, 0.3) is 5.91 Å². The van der Waals surface area contributed by atoms with E-state index in [1.165, 1.54) is 6.33 Å². The summed E-state index contributed by atoms with van der Waals surface area (Å²) in [5.74, 6) is -0.0469. The van der Waals surface area contributed by atoms with Crippen molar-refractivity contribution >= 4 is 5.91 Å². The van der Waals surface area contributed by atoms with Gasteiger partial charge in [-0.25, -0.2) is 9.97 Å². The van der Waals surface area contributed by atoms with E-state index in [2.05, 4.69) is 34.3 Å². The molecule has 1 N–H and O–H groups in total. The van der Waals surface area contributed by atoms with E-state index in [9.17, 15) is 4.79 Å². The maximum absolute atomic E-state index is 12.4. The van der Waals surface area contributed by atoms with Gasteiger partial charge in [-0.3, -0.25) is 4.79 Å². The second-order valence-electron chi connectivity index (χ2n) is 5.46. The molecule has 1 aromatic heterocycles. The van der Waals surface area contributed by atoms with Crippen molar-refractivity contribution < 1.29 is 4.79 Å². The van der Waals surface area contributed by atoms with Gasteiger partial charge < -0.3 is 10.2 Å². The van der Waals surface area contributed by atoms with Crippen LogP contribution in [0.4, 0.5) is 0 Å². The Balaban J connectivity index is 2.13. The molecule has 19 heavy (non-hydrogen) atoms. The van der Waals surface area contributed by atoms with Gasteiger partial charge in [0.15, 0.2) is 0 Å². The summed E-state index contributed by atoms with van der Waals surface area (Å²) in [5, 5.41) is 3.15. The highest BCUT2D eigenvalue weighted by atomic mass is 16.1. The van der Waals surface area contributed by atoms with Gasteiger partial charge in [0.1, 0.15) is 6.33 Å². The largest absolute Gasteiger partial charge is 0.348 e. The number of rotatable bonds is 3. The Morgan fingerprint density at radius 3 is 2.47 bits per heavy atom. The van der Waals surface area contributed by atoms with Crippen LogP contribution in [0.2, 0.25) is 0 Å². The number of hydrogen-bond acceptors (Lipinski definition) is 4. The number of carbonyl (C=O) groups is 1. The summed E-state index contributed by atoms with van der Waals surface area (Å²) in [7, 11) is 4.13. The van der Waals surface area contributed by atoms with E-state index in [0.29, 0.717) is 11.6 Å². The second kappa shape index (κ2) is 5.65. The molecule has 0 radical (unpaired) electrons. The van der Waals surface area contributed by atoms with Crippen molar-refractivity contribution in [2.45, 2.75) is 45.2 Å². The number of carbonyl (C=O) groups excluding carboxylic acids is 1. The summed E-state index contributed by atoms with van der Waals surface area (Å²) in [6, 6.07) is 0.649. The Labute approximate surface area is 114 Å². The average molecular weight is 262 g/mol. The third-order valence-electron chi connectivity index (χ3n) is 3.91. The Morgan fingerprint density at radius 2 is 1.89 bits per heavy atom. The molecule has 1 fully saturated rings. The molecule has 1 saturated carbocycles. The standard InChI is InChI=1S/C14H22N4O/c1-9-13(10(2)16-8-15-9)14(19)17-11-6-5-7-12(11)18(3)4/h8,11-12H,5-7H2,1-4H3,(H,17,19)/t11-,12-/m1/s1. The average Bonchev–Trinajstić information content (AvgIpc) is 2.76. The van der Waals surface area contributed by atoms with Crippen LogP contribution in [-0.2, 0) is 0 Å². The number of aromatic nitrogens is 2. The van der Waals surface area contributed by atoms with E-state index in [-0.39, 0.29) is 11.9 Å². The highest BCUT2D eigenvalue weighted by molar-refractivity contribution is 5.96. The van der Waals surface area contributed by atoms with Crippen molar-refractivity contribution in [1.82, 2.24) is 20.2 Å². The molecule has 0 spiro atoms. The van der Waals surface area contributed by atoms with Gasteiger partial charge in [-0.2, -0.15) is 0 Å². The van der Waals surface area contributed by atoms with Crippen LogP contribution in [0, 0.1) is 13.8 Å². The molecule has 104 valence electrons. The number of nitrogens with zero attached hydrogens (tertiary/aromatic N) is 3. The number of hydrogen-bond donors (Lipinski definition) is 1. The van der Waals surface area contributed by atoms with E-state index in [4.69, 9.17) is 0 Å². The van der Waals surface area contributed by atoms with Crippen molar-refractivity contribution in [3.63, 3.8) is 0 Å². The molecule has 1 aromatic rings. The van der Waals surface area contributed by atoms with Gasteiger partial charge in [0.05, 0.1) is 17.0 Å². The molecule has 0 saturated heterocycles. The molecule has 1 aliphatic carbocycles. The lowest BCUT2D eigenvalue weighted by molar-refractivity contribution is 0.0917. The topological polar surface area (TPSA) is 58.1 Å². The van der Waals surface area contributed by atoms with E-state index >= 15 is 0 Å². The van der Waals surface area contributed by atoms with Crippen LogP contribution in [0.1, 0.15) is 41.0 Å². The first-order chi connectivity index (χ1) is 9.00. The van der Waals surface area contributed by atoms with Crippen LogP contribution in [0.25, 0.3) is 0 Å². The Hall–Kier alpha value is -1.49. The van der Waals surface area contributed by atoms with Crippen LogP contribution >= 0.6 is 0 Å². The molecule has 2 rings (SSSR count). The molecule has 0 aliphatic heterocycles. The zero-order valence-electron chi connectivity index (χ0n) is 12.1. The molecule has 0 aromatic carbocycles. The van der Waals surface area contributed by atoms with Gasteiger partial charge in [-0.1, -0.05) is 0 Å². The van der Waals surface area contributed by atoms with Crippen molar-refractivity contribution in [1.29, 1.82) is 0 Å². The third kappa shape index (κ3) is 2.92. The fourth-order valence-electron chi connectivity index (χ4n) is 2.89. The summed E-state index contributed by atoms with van der Waals surface area (Å²) in [4.78, 5) is 22.8. The monoisotopic (exact) mass is 262 g/mol. The lowest BCUT2D eigenvalue weighted by atomic mass is 10.1. The number of nitrogens with one attached hydrogen (secondary N) is 1. The highest BCUT2D eigenvalue weighted by Crippen LogP contribution is 2.23. The first-order valence-corrected chi connectivity index (χ1v) is 6.76. The normalized spacial score (nSPS) is 22.8. The maximum atomic E-state index is 12.4. The fourth-order valence-corrected chi connectivity index (χ4v) is 2.89. The first kappa shape index (κ1) is 13.9. The van der Waals surface area contributed by atoms with Gasteiger partial charge in [-0.15, -0.1) is 0 Å². The maximum Gasteiger partial charge on any atom is 0.255 e. The summed E-state index contributed by atoms with van der Waals surface area (Å²) in [5.41, 5.74) is 2.10. The van der Waals surface area contributed by atoms with Crippen molar-refractivity contribution in [2.24, 2.45) is 0 Å². The van der Waals surface area contributed by atoms with Crippen molar-refractivity contribution in [2.75, 3.05) is 14.1 Å². The fraction of sp³-hybridized carbons (Fsp3) is 0.643. The second-order valence-corrected chi connectivity index (χ2v) is 5.46. The molecule has 5 nitrogen and oxygen atoms in total. The SMILES string of the molecule is Cc1ncnc(C)c1C(=O)N[C@@H]1CCC[C@H]1N(C)C. The first-order valence-electron chi connectivity index (χ1n) is 6.76. The van der Waals surface area contributed by atoms with Crippen LogP contribution in [-0.4, -0.2) is 47.0 Å². The van der Waals surface area contributed by atoms with Crippen molar-refractivity contribution in [3.8, 4) is 0 Å². The van der Waals surface area contributed by atoms with E-state index in [1.54, 1.807) is 0 Å². The lowest BCUT2D eigenvalue weighted by Crippen LogP contribution is -2.46. The highest BCUT2D eigenvalue weighted by Gasteiger charge is 2.30. The molecular formula is C14H22N4O. The van der Waals surface area contributed by atoms with Crippen molar-refractivity contribution in [3.05, 3.63) is 23.3 Å². The van der Waals surface area contributed by atoms with E-state index in [1.807, 2.05) is 13.8 Å². The Morgan fingerprint density at radius 1 is 1.26 bits per heavy atom. The Bertz CT molecular complexity index is 452. The van der Waals surface area contributed by atoms with Crippen LogP contribution in [0.5, 0.6) is 0 Å². The Kier molecular flexibility index (Phi) is 4.14. The zero-order chi connectivity index (χ0) is 14.0. The minimum absolute atomic E-state index is 0.0469. The van der Waals surface area contributed by atoms with Crippen LogP contribution in [0.15, 0.2) is 6.33 Å². The quantitative estimate of drug-likeness (QED) is 0.892. The van der Waals surface area contributed by atoms with Gasteiger partial charge in [-0.05, 0) is 47.2 Å². The molecule has 0 unspecified atom stereocenters. The lowest BCUT2D eigenvalue weighted by Gasteiger charge is -2.27. The predicted octanol–water partition coefficient (Wildman–Crippen LogP) is 1.31. The number of amides is 1. The molecule has 5 heteroatoms. The summed E-state index contributed by atoms with van der Waals surface area (Å²) in [6.45, 7) is 3.70. The minimum atomic E-state index is -0.0469. The molecule has 2 atom stereocenters. The van der Waals surface area contributed by atoms with Gasteiger partial charge in [0.2, 0.25) is 0 Å². The minimum Gasteiger partial charge on any atom is -0.348 e. The molecule has 1 heterocycles. The predicted molar refractivity (Wildman–Crippen MR) is 74.1 cm³/mol. The van der Waals surface area contributed by atoms with Crippen LogP contribution in [0.3, 0.4) is 0 Å². The summed E-state index contributed by atoms with van der Waals surface area (Å²) in [6.07, 6.45) is 4.85. The molecule has 1 amide bonds. The third-order valence-corrected chi connectivity index (χ3v) is 3.91. The molecular weight excluding hydrogens is 240 g/mol. The van der Waals surface area contributed by atoms with Crippen LogP contribution < -0.4 is 5.32 Å². The number of likely N-dealkylation sites (N-methyl/N-ethyl adjacent to an activating group) is 1. The summed E-state index contributed by atoms with van der Waals surface area (Å²) < 4.78 is 0. The molecule has 0 bridgehead atoms. The molecule has 1 aliphatic rings. The van der Waals surface area contributed by atoms with E-state index in [0.717, 1.165) is 30.7 Å². The number of aryl methyl sites for hydroxylation is 2. The smallest absolute Gasteiger partial charge is 0.255 e. The summed E-state index contributed by atoms with van der Waals surface area (Å²) >= 11 is 0.